The largest absolute Gasteiger partial charge is 0.461 e. The van der Waals surface area contributed by atoms with Gasteiger partial charge in [0.1, 0.15) is 72.4 Å². The van der Waals surface area contributed by atoms with Crippen molar-refractivity contribution >= 4 is 46.4 Å². The number of hydrogen-bond donors (Lipinski definition) is 0. The highest BCUT2D eigenvalue weighted by Gasteiger charge is 2.37. The van der Waals surface area contributed by atoms with Crippen LogP contribution in [0.15, 0.2) is 67.0 Å². The highest BCUT2D eigenvalue weighted by atomic mass is 32.2. The quantitative estimate of drug-likeness (QED) is 0.0950. The molecular formula is C46H45N7O9S. The number of nitriles is 6. The van der Waals surface area contributed by atoms with Crippen LogP contribution in [-0.4, -0.2) is 78.7 Å². The third kappa shape index (κ3) is 11.3. The topological polar surface area (TPSA) is 276 Å². The molecule has 1 saturated heterocycles. The van der Waals surface area contributed by atoms with Crippen LogP contribution in [0.25, 0.3) is 0 Å². The van der Waals surface area contributed by atoms with Crippen LogP contribution in [-0.2, 0) is 43.0 Å². The normalized spacial score (nSPS) is 22.7. The molecule has 16 nitrogen and oxygen atoms in total. The number of ether oxygens (including phenoxy) is 3. The van der Waals surface area contributed by atoms with Crippen LogP contribution >= 0.6 is 11.8 Å². The molecule has 0 amide bonds. The number of nitrogens with zero attached hydrogens (tertiary/aromatic N) is 7. The van der Waals surface area contributed by atoms with E-state index in [1.54, 1.807) is 32.2 Å². The van der Waals surface area contributed by atoms with Gasteiger partial charge in [-0.25, -0.2) is 14.4 Å². The lowest BCUT2D eigenvalue weighted by atomic mass is 9.78. The van der Waals surface area contributed by atoms with E-state index in [1.807, 2.05) is 23.1 Å². The highest BCUT2D eigenvalue weighted by Crippen LogP contribution is 2.40. The first-order valence-corrected chi connectivity index (χ1v) is 21.4. The van der Waals surface area contributed by atoms with Crippen molar-refractivity contribution in [2.75, 3.05) is 39.2 Å². The van der Waals surface area contributed by atoms with E-state index in [4.69, 9.17) is 14.2 Å². The van der Waals surface area contributed by atoms with E-state index in [2.05, 4.69) is 6.07 Å². The van der Waals surface area contributed by atoms with Gasteiger partial charge in [0.15, 0.2) is 5.12 Å². The Labute approximate surface area is 370 Å². The van der Waals surface area contributed by atoms with Crippen LogP contribution in [0.5, 0.6) is 0 Å². The molecule has 0 saturated carbocycles. The molecule has 0 aromatic heterocycles. The van der Waals surface area contributed by atoms with Crippen molar-refractivity contribution in [3.05, 3.63) is 67.0 Å². The van der Waals surface area contributed by atoms with Crippen molar-refractivity contribution in [2.45, 2.75) is 79.1 Å². The molecule has 1 heterocycles. The van der Waals surface area contributed by atoms with Crippen LogP contribution in [0.3, 0.4) is 0 Å². The Morgan fingerprint density at radius 2 is 0.952 bits per heavy atom. The minimum Gasteiger partial charge on any atom is -0.461 e. The summed E-state index contributed by atoms with van der Waals surface area (Å²) in [5.74, 6) is -7.03. The predicted octanol–water partition coefficient (Wildman–Crippen LogP) is 5.54. The van der Waals surface area contributed by atoms with Crippen molar-refractivity contribution in [1.29, 1.82) is 31.6 Å². The highest BCUT2D eigenvalue weighted by molar-refractivity contribution is 8.13. The predicted molar refractivity (Wildman–Crippen MR) is 222 cm³/mol. The second kappa shape index (κ2) is 22.2. The molecule has 4 atom stereocenters. The van der Waals surface area contributed by atoms with Crippen molar-refractivity contribution in [2.24, 2.45) is 23.7 Å². The third-order valence-electron chi connectivity index (χ3n) is 11.7. The van der Waals surface area contributed by atoms with E-state index in [0.717, 1.165) is 24.6 Å². The molecule has 0 N–H and O–H groups in total. The number of thioether (sulfide) groups is 1. The second-order valence-corrected chi connectivity index (χ2v) is 16.6. The summed E-state index contributed by atoms with van der Waals surface area (Å²) in [5.41, 5.74) is 0.238. The molecule has 0 aromatic rings. The Morgan fingerprint density at radius 1 is 0.587 bits per heavy atom. The van der Waals surface area contributed by atoms with Crippen molar-refractivity contribution in [3.8, 4) is 36.4 Å². The number of allylic oxidation sites excluding steroid dienone is 9. The lowest BCUT2D eigenvalue weighted by Gasteiger charge is -2.31. The van der Waals surface area contributed by atoms with Gasteiger partial charge >= 0.3 is 17.9 Å². The molecule has 63 heavy (non-hydrogen) atoms. The minimum absolute atomic E-state index is 0.0186. The molecule has 0 bridgehead atoms. The monoisotopic (exact) mass is 871 g/mol. The number of likely N-dealkylation sites (tertiary alicyclic amines) is 1. The van der Waals surface area contributed by atoms with Gasteiger partial charge in [0.25, 0.3) is 0 Å². The average molecular weight is 872 g/mol. The number of carbonyl (C=O) groups excluding carboxylic acids is 6. The lowest BCUT2D eigenvalue weighted by Crippen LogP contribution is -2.30. The van der Waals surface area contributed by atoms with E-state index in [1.165, 1.54) is 13.8 Å². The Bertz CT molecular complexity index is 2460. The molecule has 0 spiro atoms. The fraction of sp³-hybridized carbons (Fsp3) is 0.478. The number of ketones is 2. The smallest absolute Gasteiger partial charge is 0.349 e. The molecule has 17 heteroatoms. The Hall–Kier alpha value is -7.05. The molecule has 1 fully saturated rings. The number of rotatable bonds is 13. The van der Waals surface area contributed by atoms with Crippen molar-refractivity contribution in [3.63, 3.8) is 0 Å². The minimum atomic E-state index is -1.22. The van der Waals surface area contributed by atoms with E-state index in [9.17, 15) is 60.3 Å². The molecule has 1 aliphatic heterocycles. The van der Waals surface area contributed by atoms with Crippen molar-refractivity contribution in [1.82, 2.24) is 4.90 Å². The van der Waals surface area contributed by atoms with Gasteiger partial charge in [-0.3, -0.25) is 14.4 Å². The fourth-order valence-corrected chi connectivity index (χ4v) is 8.70. The first-order chi connectivity index (χ1) is 30.1. The Balaban J connectivity index is 1.70. The van der Waals surface area contributed by atoms with Gasteiger partial charge in [-0.1, -0.05) is 22.9 Å². The lowest BCUT2D eigenvalue weighted by molar-refractivity contribution is -0.148. The van der Waals surface area contributed by atoms with Gasteiger partial charge in [-0.15, -0.1) is 0 Å². The molecular weight excluding hydrogens is 827 g/mol. The standard InChI is InChI=1S/C46H45N7O9S/c1-25-10-30(27(3)54)12-33(36(25)16-47)39(19-50)43(56)60-22-29(23-61-44(57)40(20-51)34-14-32(46(59)63-5)11-26(2)37(34)17-48)24-62-45(58)41(21-52)35-13-31(28(4)55)15-42(38(35)18-49)53-8-6-7-9-53/h29-32H,6-15,22-24H2,1-5H3/b39-33+,40-34+,41-35+. The summed E-state index contributed by atoms with van der Waals surface area (Å²) in [5, 5.41) is 60.4. The van der Waals surface area contributed by atoms with E-state index in [-0.39, 0.29) is 88.6 Å². The summed E-state index contributed by atoms with van der Waals surface area (Å²) >= 11 is 0.973. The van der Waals surface area contributed by atoms with E-state index >= 15 is 0 Å². The first-order valence-electron chi connectivity index (χ1n) is 20.2. The van der Waals surface area contributed by atoms with Crippen LogP contribution < -0.4 is 0 Å². The maximum Gasteiger partial charge on any atom is 0.349 e. The summed E-state index contributed by atoms with van der Waals surface area (Å²) in [6, 6.07) is 11.5. The second-order valence-electron chi connectivity index (χ2n) is 15.8. The maximum atomic E-state index is 13.8. The zero-order valence-corrected chi connectivity index (χ0v) is 36.5. The third-order valence-corrected chi connectivity index (χ3v) is 12.4. The van der Waals surface area contributed by atoms with Gasteiger partial charge < -0.3 is 19.1 Å². The Kier molecular flexibility index (Phi) is 17.1. The Morgan fingerprint density at radius 3 is 1.32 bits per heavy atom. The van der Waals surface area contributed by atoms with Gasteiger partial charge in [-0.05, 0) is 102 Å². The van der Waals surface area contributed by atoms with Crippen LogP contribution in [0.1, 0.15) is 79.1 Å². The van der Waals surface area contributed by atoms with Gasteiger partial charge in [0.2, 0.25) is 0 Å². The van der Waals surface area contributed by atoms with Crippen LogP contribution in [0, 0.1) is 91.7 Å². The maximum absolute atomic E-state index is 13.8. The summed E-state index contributed by atoms with van der Waals surface area (Å²) in [4.78, 5) is 80.5. The van der Waals surface area contributed by atoms with E-state index in [0.29, 0.717) is 29.9 Å². The summed E-state index contributed by atoms with van der Waals surface area (Å²) in [6.07, 6.45) is 3.85. The summed E-state index contributed by atoms with van der Waals surface area (Å²) in [6.45, 7) is 5.20. The van der Waals surface area contributed by atoms with Crippen LogP contribution in [0.2, 0.25) is 0 Å². The molecule has 0 aromatic carbocycles. The SMILES string of the molecule is CSC(=O)C1CC(C)=C(C#N)/C(=C(\C#N)C(=O)OCC(COC(=O)/C(C#N)=C2\CC(C(C)=O)CC(C)=C2C#N)COC(=O)/C(C#N)=C2\CC(C(C)=O)CC(N3CCCC3)=C2C#N)C1. The summed E-state index contributed by atoms with van der Waals surface area (Å²) < 4.78 is 16.6. The molecule has 4 aliphatic rings. The van der Waals surface area contributed by atoms with Gasteiger partial charge in [0, 0.05) is 36.5 Å². The number of esters is 3. The molecule has 0 radical (unpaired) electrons. The fourth-order valence-electron chi connectivity index (χ4n) is 8.20. The van der Waals surface area contributed by atoms with Gasteiger partial charge in [-0.2, -0.15) is 31.6 Å². The number of carbonyl (C=O) groups is 6. The molecule has 4 unspecified atom stereocenters. The average Bonchev–Trinajstić information content (AvgIpc) is 3.81. The zero-order chi connectivity index (χ0) is 46.5. The zero-order valence-electron chi connectivity index (χ0n) is 35.7. The summed E-state index contributed by atoms with van der Waals surface area (Å²) in [7, 11) is 0. The molecule has 4 rings (SSSR count). The van der Waals surface area contributed by atoms with Gasteiger partial charge in [0.05, 0.1) is 34.8 Å². The van der Waals surface area contributed by atoms with Crippen molar-refractivity contribution < 1.29 is 43.0 Å². The number of hydrogen-bond acceptors (Lipinski definition) is 17. The first kappa shape index (κ1) is 48.6. The van der Waals surface area contributed by atoms with E-state index < -0.39 is 78.1 Å². The molecule has 324 valence electrons. The number of Topliss-reactive ketones (excluding diaryl/α,β-unsaturated/α-hetero) is 2. The molecule has 3 aliphatic carbocycles. The van der Waals surface area contributed by atoms with Crippen LogP contribution in [0.4, 0.5) is 0 Å².